The number of rotatable bonds is 8. The summed E-state index contributed by atoms with van der Waals surface area (Å²) < 4.78 is 13.6. The molecular formula is C21H19FN4O2S. The second-order valence-corrected chi connectivity index (χ2v) is 7.06. The van der Waals surface area contributed by atoms with Crippen LogP contribution in [0.25, 0.3) is 0 Å². The zero-order valence-corrected chi connectivity index (χ0v) is 16.3. The van der Waals surface area contributed by atoms with Gasteiger partial charge in [-0.2, -0.15) is 0 Å². The highest BCUT2D eigenvalue weighted by Gasteiger charge is 2.12. The van der Waals surface area contributed by atoms with Gasteiger partial charge in [-0.05, 0) is 36.2 Å². The van der Waals surface area contributed by atoms with Crippen LogP contribution in [0, 0.1) is 5.82 Å². The summed E-state index contributed by atoms with van der Waals surface area (Å²) in [6, 6.07) is 18.8. The van der Waals surface area contributed by atoms with Crippen molar-refractivity contribution in [3.63, 3.8) is 0 Å². The van der Waals surface area contributed by atoms with Crippen molar-refractivity contribution < 1.29 is 14.0 Å². The number of hydrogen-bond donors (Lipinski definition) is 2. The molecule has 0 radical (unpaired) electrons. The first-order valence-corrected chi connectivity index (χ1v) is 9.93. The van der Waals surface area contributed by atoms with Crippen molar-refractivity contribution in [2.45, 2.75) is 11.4 Å². The number of amides is 2. The molecule has 0 saturated carbocycles. The summed E-state index contributed by atoms with van der Waals surface area (Å²) >= 11 is 1.24. The molecular weight excluding hydrogens is 391 g/mol. The highest BCUT2D eigenvalue weighted by molar-refractivity contribution is 7.99. The first-order valence-electron chi connectivity index (χ1n) is 8.95. The molecule has 2 N–H and O–H groups in total. The van der Waals surface area contributed by atoms with E-state index < -0.39 is 11.7 Å². The minimum absolute atomic E-state index is 0.0695. The van der Waals surface area contributed by atoms with Crippen LogP contribution in [-0.2, 0) is 11.2 Å². The number of aromatic nitrogens is 2. The first kappa shape index (κ1) is 20.5. The van der Waals surface area contributed by atoms with Gasteiger partial charge >= 0.3 is 0 Å². The summed E-state index contributed by atoms with van der Waals surface area (Å²) in [5.74, 6) is -0.886. The van der Waals surface area contributed by atoms with E-state index in [0.29, 0.717) is 11.6 Å². The van der Waals surface area contributed by atoms with Gasteiger partial charge in [0, 0.05) is 6.54 Å². The Labute approximate surface area is 171 Å². The summed E-state index contributed by atoms with van der Waals surface area (Å²) in [5.41, 5.74) is 1.10. The molecule has 3 aromatic rings. The molecule has 2 aromatic carbocycles. The number of anilines is 1. The predicted octanol–water partition coefficient (Wildman–Crippen LogP) is 3.32. The number of halogens is 1. The van der Waals surface area contributed by atoms with Crippen LogP contribution in [0.3, 0.4) is 0 Å². The largest absolute Gasteiger partial charge is 0.355 e. The Hall–Kier alpha value is -3.26. The third-order valence-corrected chi connectivity index (χ3v) is 4.85. The molecule has 0 spiro atoms. The number of carbonyl (C=O) groups is 2. The number of nitrogens with one attached hydrogen (secondary N) is 2. The summed E-state index contributed by atoms with van der Waals surface area (Å²) in [6.45, 7) is 0.566. The molecule has 1 heterocycles. The smallest absolute Gasteiger partial charge is 0.259 e. The molecule has 148 valence electrons. The van der Waals surface area contributed by atoms with Crippen LogP contribution in [0.5, 0.6) is 0 Å². The van der Waals surface area contributed by atoms with E-state index in [1.54, 1.807) is 18.2 Å². The Bertz CT molecular complexity index is 968. The SMILES string of the molecule is O=C(CSc1ccc(NC(=O)c2ccccc2F)nn1)NCCc1ccccc1. The quantitative estimate of drug-likeness (QED) is 0.557. The number of carbonyl (C=O) groups excluding carboxylic acids is 2. The lowest BCUT2D eigenvalue weighted by atomic mass is 10.1. The third-order valence-electron chi connectivity index (χ3n) is 3.93. The second-order valence-electron chi connectivity index (χ2n) is 6.07. The summed E-state index contributed by atoms with van der Waals surface area (Å²) in [4.78, 5) is 24.0. The lowest BCUT2D eigenvalue weighted by molar-refractivity contribution is -0.118. The van der Waals surface area contributed by atoms with Crippen molar-refractivity contribution in [2.75, 3.05) is 17.6 Å². The molecule has 0 aliphatic rings. The van der Waals surface area contributed by atoms with Crippen LogP contribution in [0.4, 0.5) is 10.2 Å². The van der Waals surface area contributed by atoms with Gasteiger partial charge in [-0.1, -0.05) is 54.2 Å². The molecule has 6 nitrogen and oxygen atoms in total. The highest BCUT2D eigenvalue weighted by atomic mass is 32.2. The Morgan fingerprint density at radius 3 is 2.41 bits per heavy atom. The maximum Gasteiger partial charge on any atom is 0.259 e. The molecule has 2 amide bonds. The Morgan fingerprint density at radius 1 is 0.931 bits per heavy atom. The third kappa shape index (κ3) is 6.39. The van der Waals surface area contributed by atoms with Gasteiger partial charge < -0.3 is 10.6 Å². The van der Waals surface area contributed by atoms with Gasteiger partial charge in [-0.3, -0.25) is 9.59 Å². The van der Waals surface area contributed by atoms with E-state index in [0.717, 1.165) is 6.42 Å². The Morgan fingerprint density at radius 2 is 1.69 bits per heavy atom. The van der Waals surface area contributed by atoms with E-state index in [1.807, 2.05) is 30.3 Å². The topological polar surface area (TPSA) is 84.0 Å². The maximum atomic E-state index is 13.6. The minimum Gasteiger partial charge on any atom is -0.355 e. The van der Waals surface area contributed by atoms with Gasteiger partial charge in [0.25, 0.3) is 5.91 Å². The fourth-order valence-corrected chi connectivity index (χ4v) is 3.12. The number of hydrogen-bond acceptors (Lipinski definition) is 5. The number of benzene rings is 2. The summed E-state index contributed by atoms with van der Waals surface area (Å²) in [6.07, 6.45) is 0.771. The lowest BCUT2D eigenvalue weighted by Gasteiger charge is -2.06. The van der Waals surface area contributed by atoms with Crippen LogP contribution in [0.1, 0.15) is 15.9 Å². The van der Waals surface area contributed by atoms with Crippen LogP contribution in [-0.4, -0.2) is 34.3 Å². The molecule has 0 bridgehead atoms. The van der Waals surface area contributed by atoms with Gasteiger partial charge in [0.15, 0.2) is 5.82 Å². The summed E-state index contributed by atoms with van der Waals surface area (Å²) in [7, 11) is 0. The van der Waals surface area contributed by atoms with Gasteiger partial charge in [-0.15, -0.1) is 10.2 Å². The Kier molecular flexibility index (Phi) is 7.29. The average molecular weight is 410 g/mol. The van der Waals surface area contributed by atoms with E-state index in [9.17, 15) is 14.0 Å². The zero-order chi connectivity index (χ0) is 20.5. The van der Waals surface area contributed by atoms with E-state index in [-0.39, 0.29) is 23.0 Å². The lowest BCUT2D eigenvalue weighted by Crippen LogP contribution is -2.27. The van der Waals surface area contributed by atoms with Gasteiger partial charge in [0.2, 0.25) is 5.91 Å². The maximum absolute atomic E-state index is 13.6. The molecule has 0 atom stereocenters. The van der Waals surface area contributed by atoms with Crippen molar-refractivity contribution in [1.29, 1.82) is 0 Å². The number of thioether (sulfide) groups is 1. The molecule has 0 saturated heterocycles. The molecule has 0 unspecified atom stereocenters. The molecule has 0 aliphatic heterocycles. The van der Waals surface area contributed by atoms with Crippen LogP contribution >= 0.6 is 11.8 Å². The van der Waals surface area contributed by atoms with Crippen molar-refractivity contribution in [2.24, 2.45) is 0 Å². The molecule has 8 heteroatoms. The van der Waals surface area contributed by atoms with Crippen LogP contribution in [0.2, 0.25) is 0 Å². The fourth-order valence-electron chi connectivity index (χ4n) is 2.47. The minimum atomic E-state index is -0.608. The van der Waals surface area contributed by atoms with Crippen molar-refractivity contribution in [3.8, 4) is 0 Å². The monoisotopic (exact) mass is 410 g/mol. The van der Waals surface area contributed by atoms with Crippen LogP contribution in [0.15, 0.2) is 71.8 Å². The first-order chi connectivity index (χ1) is 14.1. The average Bonchev–Trinajstić information content (AvgIpc) is 2.74. The number of nitrogens with zero attached hydrogens (tertiary/aromatic N) is 2. The molecule has 0 aliphatic carbocycles. The second kappa shape index (κ2) is 10.3. The molecule has 3 rings (SSSR count). The molecule has 1 aromatic heterocycles. The van der Waals surface area contributed by atoms with E-state index in [1.165, 1.54) is 35.5 Å². The van der Waals surface area contributed by atoms with Gasteiger partial charge in [0.05, 0.1) is 11.3 Å². The van der Waals surface area contributed by atoms with E-state index in [2.05, 4.69) is 20.8 Å². The fraction of sp³-hybridized carbons (Fsp3) is 0.143. The molecule has 29 heavy (non-hydrogen) atoms. The van der Waals surface area contributed by atoms with Crippen molar-refractivity contribution in [1.82, 2.24) is 15.5 Å². The van der Waals surface area contributed by atoms with Gasteiger partial charge in [-0.25, -0.2) is 4.39 Å². The van der Waals surface area contributed by atoms with Crippen molar-refractivity contribution >= 4 is 29.4 Å². The van der Waals surface area contributed by atoms with Gasteiger partial charge in [0.1, 0.15) is 10.8 Å². The van der Waals surface area contributed by atoms with E-state index >= 15 is 0 Å². The van der Waals surface area contributed by atoms with Crippen molar-refractivity contribution in [3.05, 3.63) is 83.7 Å². The summed E-state index contributed by atoms with van der Waals surface area (Å²) in [5, 5.41) is 13.8. The standard InChI is InChI=1S/C21H19FN4O2S/c22-17-9-5-4-8-16(17)21(28)24-18-10-11-20(26-25-18)29-14-19(27)23-13-12-15-6-2-1-3-7-15/h1-11H,12-14H2,(H,23,27)(H,24,25,28). The predicted molar refractivity (Wildman–Crippen MR) is 110 cm³/mol. The van der Waals surface area contributed by atoms with E-state index in [4.69, 9.17) is 0 Å². The Balaban J connectivity index is 1.42. The molecule has 0 fully saturated rings. The highest BCUT2D eigenvalue weighted by Crippen LogP contribution is 2.16. The van der Waals surface area contributed by atoms with Crippen LogP contribution < -0.4 is 10.6 Å². The normalized spacial score (nSPS) is 10.4. The zero-order valence-electron chi connectivity index (χ0n) is 15.5.